The van der Waals surface area contributed by atoms with Crippen molar-refractivity contribution in [2.75, 3.05) is 5.32 Å². The summed E-state index contributed by atoms with van der Waals surface area (Å²) < 4.78 is 0.911. The van der Waals surface area contributed by atoms with E-state index in [1.165, 1.54) is 24.5 Å². The van der Waals surface area contributed by atoms with Gasteiger partial charge in [0.25, 0.3) is 5.91 Å². The molecule has 8 heteroatoms. The average molecular weight is 374 g/mol. The summed E-state index contributed by atoms with van der Waals surface area (Å²) in [5.41, 5.74) is -0.0749. The highest BCUT2D eigenvalue weighted by Crippen LogP contribution is 2.21. The van der Waals surface area contributed by atoms with Crippen molar-refractivity contribution in [1.29, 1.82) is 0 Å². The average Bonchev–Trinajstić information content (AvgIpc) is 2.33. The summed E-state index contributed by atoms with van der Waals surface area (Å²) in [6.07, 6.45) is 2.86. The molecule has 1 amide bonds. The van der Waals surface area contributed by atoms with Crippen LogP contribution in [0.25, 0.3) is 0 Å². The SMILES string of the molecule is O=C(Nc1ncc(Br)nc1Br)c1ncccc1O. The molecule has 0 unspecified atom stereocenters. The normalized spacial score (nSPS) is 10.1. The molecule has 0 atom stereocenters. The Morgan fingerprint density at radius 3 is 2.78 bits per heavy atom. The van der Waals surface area contributed by atoms with Gasteiger partial charge in [-0.2, -0.15) is 0 Å². The molecule has 0 saturated carbocycles. The van der Waals surface area contributed by atoms with Gasteiger partial charge in [-0.3, -0.25) is 4.79 Å². The number of rotatable bonds is 2. The molecule has 0 radical (unpaired) electrons. The van der Waals surface area contributed by atoms with Crippen LogP contribution in [0.4, 0.5) is 5.82 Å². The zero-order valence-corrected chi connectivity index (χ0v) is 11.9. The van der Waals surface area contributed by atoms with Crippen molar-refractivity contribution < 1.29 is 9.90 Å². The number of hydrogen-bond acceptors (Lipinski definition) is 5. The highest BCUT2D eigenvalue weighted by molar-refractivity contribution is 9.11. The Morgan fingerprint density at radius 1 is 1.33 bits per heavy atom. The Labute approximate surface area is 119 Å². The third kappa shape index (κ3) is 2.82. The van der Waals surface area contributed by atoms with Crippen LogP contribution in [0.3, 0.4) is 0 Å². The molecule has 6 nitrogen and oxygen atoms in total. The van der Waals surface area contributed by atoms with E-state index >= 15 is 0 Å². The molecule has 2 heterocycles. The van der Waals surface area contributed by atoms with Gasteiger partial charge in [0.1, 0.15) is 15.0 Å². The number of hydrogen-bond donors (Lipinski definition) is 2. The Balaban J connectivity index is 2.24. The van der Waals surface area contributed by atoms with Crippen LogP contribution in [-0.2, 0) is 0 Å². The van der Waals surface area contributed by atoms with E-state index in [-0.39, 0.29) is 17.3 Å². The fraction of sp³-hybridized carbons (Fsp3) is 0. The van der Waals surface area contributed by atoms with Crippen molar-refractivity contribution in [2.24, 2.45) is 0 Å². The second-order valence-electron chi connectivity index (χ2n) is 3.16. The summed E-state index contributed by atoms with van der Waals surface area (Å²) in [7, 11) is 0. The lowest BCUT2D eigenvalue weighted by Crippen LogP contribution is -2.15. The molecule has 0 aliphatic carbocycles. The topological polar surface area (TPSA) is 88.0 Å². The molecule has 0 spiro atoms. The van der Waals surface area contributed by atoms with Gasteiger partial charge in [0.15, 0.2) is 11.5 Å². The molecule has 0 bridgehead atoms. The van der Waals surface area contributed by atoms with Crippen molar-refractivity contribution in [3.8, 4) is 5.75 Å². The van der Waals surface area contributed by atoms with Crippen molar-refractivity contribution >= 4 is 43.6 Å². The Hall–Kier alpha value is -1.54. The van der Waals surface area contributed by atoms with E-state index in [1.807, 2.05) is 0 Å². The van der Waals surface area contributed by atoms with Crippen LogP contribution in [0.5, 0.6) is 5.75 Å². The van der Waals surface area contributed by atoms with E-state index in [0.29, 0.717) is 9.21 Å². The van der Waals surface area contributed by atoms with Gasteiger partial charge in [0.2, 0.25) is 0 Å². The molecule has 92 valence electrons. The van der Waals surface area contributed by atoms with E-state index in [2.05, 4.69) is 52.1 Å². The summed E-state index contributed by atoms with van der Waals surface area (Å²) >= 11 is 6.32. The van der Waals surface area contributed by atoms with Gasteiger partial charge in [-0.05, 0) is 44.0 Å². The number of aromatic nitrogens is 3. The van der Waals surface area contributed by atoms with Crippen LogP contribution in [0.1, 0.15) is 10.5 Å². The largest absolute Gasteiger partial charge is 0.505 e. The molecule has 2 aromatic rings. The van der Waals surface area contributed by atoms with Crippen molar-refractivity contribution in [1.82, 2.24) is 15.0 Å². The summed E-state index contributed by atoms with van der Waals surface area (Å²) in [6, 6.07) is 2.91. The lowest BCUT2D eigenvalue weighted by atomic mass is 10.3. The van der Waals surface area contributed by atoms with Crippen LogP contribution in [0, 0.1) is 0 Å². The number of amides is 1. The lowest BCUT2D eigenvalue weighted by molar-refractivity contribution is 0.101. The number of pyridine rings is 1. The molecule has 0 aliphatic rings. The molecule has 18 heavy (non-hydrogen) atoms. The summed E-state index contributed by atoms with van der Waals surface area (Å²) in [6.45, 7) is 0. The quantitative estimate of drug-likeness (QED) is 0.843. The smallest absolute Gasteiger partial charge is 0.279 e. The van der Waals surface area contributed by atoms with Gasteiger partial charge in [-0.25, -0.2) is 15.0 Å². The number of nitrogens with one attached hydrogen (secondary N) is 1. The fourth-order valence-electron chi connectivity index (χ4n) is 1.17. The monoisotopic (exact) mass is 372 g/mol. The second kappa shape index (κ2) is 5.40. The predicted molar refractivity (Wildman–Crippen MR) is 71.3 cm³/mol. The maximum atomic E-state index is 11.8. The van der Waals surface area contributed by atoms with Crippen molar-refractivity contribution in [3.63, 3.8) is 0 Å². The van der Waals surface area contributed by atoms with Crippen LogP contribution in [0.2, 0.25) is 0 Å². The number of carbonyl (C=O) groups excluding carboxylic acids is 1. The number of aromatic hydroxyl groups is 1. The molecular weight excluding hydrogens is 368 g/mol. The van der Waals surface area contributed by atoms with Crippen molar-refractivity contribution in [2.45, 2.75) is 0 Å². The fourth-order valence-corrected chi connectivity index (χ4v) is 2.08. The molecule has 0 aromatic carbocycles. The highest BCUT2D eigenvalue weighted by Gasteiger charge is 2.14. The molecular formula is C10H6Br2N4O2. The molecule has 0 fully saturated rings. The Bertz CT molecular complexity index is 606. The highest BCUT2D eigenvalue weighted by atomic mass is 79.9. The minimum atomic E-state index is -0.564. The third-order valence-electron chi connectivity index (χ3n) is 1.93. The van der Waals surface area contributed by atoms with Crippen LogP contribution in [-0.4, -0.2) is 26.0 Å². The summed E-state index contributed by atoms with van der Waals surface area (Å²) in [5, 5.41) is 12.0. The number of anilines is 1. The number of halogens is 2. The molecule has 0 saturated heterocycles. The van der Waals surface area contributed by atoms with E-state index < -0.39 is 5.91 Å². The van der Waals surface area contributed by atoms with Crippen molar-refractivity contribution in [3.05, 3.63) is 39.4 Å². The maximum Gasteiger partial charge on any atom is 0.279 e. The van der Waals surface area contributed by atoms with Gasteiger partial charge >= 0.3 is 0 Å². The zero-order chi connectivity index (χ0) is 13.1. The molecule has 2 rings (SSSR count). The first-order valence-corrected chi connectivity index (χ1v) is 6.30. The number of nitrogens with zero attached hydrogens (tertiary/aromatic N) is 3. The van der Waals surface area contributed by atoms with Gasteiger partial charge in [-0.15, -0.1) is 0 Å². The minimum Gasteiger partial charge on any atom is -0.505 e. The van der Waals surface area contributed by atoms with Crippen LogP contribution in [0.15, 0.2) is 33.7 Å². The summed E-state index contributed by atoms with van der Waals surface area (Å²) in [4.78, 5) is 23.6. The Kier molecular flexibility index (Phi) is 3.87. The van der Waals surface area contributed by atoms with Gasteiger partial charge in [0, 0.05) is 6.20 Å². The lowest BCUT2D eigenvalue weighted by Gasteiger charge is -2.06. The number of carbonyl (C=O) groups is 1. The Morgan fingerprint density at radius 2 is 2.11 bits per heavy atom. The van der Waals surface area contributed by atoms with Crippen LogP contribution >= 0.6 is 31.9 Å². The minimum absolute atomic E-state index is 0.0749. The third-order valence-corrected chi connectivity index (χ3v) is 2.87. The van der Waals surface area contributed by atoms with Gasteiger partial charge < -0.3 is 10.4 Å². The first-order valence-electron chi connectivity index (χ1n) is 4.71. The first-order chi connectivity index (χ1) is 8.58. The van der Waals surface area contributed by atoms with E-state index in [4.69, 9.17) is 0 Å². The zero-order valence-electron chi connectivity index (χ0n) is 8.76. The molecule has 2 N–H and O–H groups in total. The van der Waals surface area contributed by atoms with E-state index in [9.17, 15) is 9.90 Å². The molecule has 2 aromatic heterocycles. The molecule has 0 aliphatic heterocycles. The predicted octanol–water partition coefficient (Wildman–Crippen LogP) is 2.35. The first kappa shape index (κ1) is 12.9. The van der Waals surface area contributed by atoms with E-state index in [1.54, 1.807) is 0 Å². The maximum absolute atomic E-state index is 11.8. The van der Waals surface area contributed by atoms with Crippen LogP contribution < -0.4 is 5.32 Å². The second-order valence-corrected chi connectivity index (χ2v) is 4.72. The van der Waals surface area contributed by atoms with E-state index in [0.717, 1.165) is 0 Å². The van der Waals surface area contributed by atoms with Gasteiger partial charge in [-0.1, -0.05) is 0 Å². The van der Waals surface area contributed by atoms with Gasteiger partial charge in [0.05, 0.1) is 6.20 Å². The summed E-state index contributed by atoms with van der Waals surface area (Å²) in [5.74, 6) is -0.519. The standard InChI is InChI=1S/C10H6Br2N4O2/c11-6-4-14-9(8(12)15-6)16-10(18)7-5(17)2-1-3-13-7/h1-4,17H,(H,14,16,18).